The zero-order chi connectivity index (χ0) is 21.4. The predicted octanol–water partition coefficient (Wildman–Crippen LogP) is 3.81. The molecule has 1 aromatic rings. The third-order valence-electron chi connectivity index (χ3n) is 10.5. The van der Waals surface area contributed by atoms with Crippen LogP contribution in [0.4, 0.5) is 0 Å². The number of piperidine rings is 1. The zero-order valence-corrected chi connectivity index (χ0v) is 20.2. The molecule has 0 aromatic heterocycles. The highest BCUT2D eigenvalue weighted by molar-refractivity contribution is 5.85. The molecule has 4 unspecified atom stereocenters. The van der Waals surface area contributed by atoms with E-state index in [0.717, 1.165) is 44.6 Å². The first-order chi connectivity index (χ1) is 14.8. The van der Waals surface area contributed by atoms with Crippen LogP contribution in [0.1, 0.15) is 63.5 Å². The first-order valence-corrected chi connectivity index (χ1v) is 12.3. The molecule has 8 rings (SSSR count). The van der Waals surface area contributed by atoms with Gasteiger partial charge in [-0.2, -0.15) is 0 Å². The lowest BCUT2D eigenvalue weighted by molar-refractivity contribution is -0.300. The normalized spacial score (nSPS) is 43.4. The largest absolute Gasteiger partial charge is 0.504 e. The molecule has 5 aliphatic carbocycles. The third-order valence-corrected chi connectivity index (χ3v) is 10.5. The average Bonchev–Trinajstić information content (AvgIpc) is 3.47. The van der Waals surface area contributed by atoms with Crippen molar-refractivity contribution in [3.05, 3.63) is 23.3 Å². The number of fused-ring (bicyclic) bond motifs is 2. The van der Waals surface area contributed by atoms with Crippen LogP contribution in [-0.2, 0) is 16.6 Å². The molecule has 0 amide bonds. The van der Waals surface area contributed by atoms with E-state index in [2.05, 4.69) is 11.0 Å². The number of halogens is 1. The van der Waals surface area contributed by atoms with Crippen molar-refractivity contribution in [2.45, 2.75) is 87.6 Å². The van der Waals surface area contributed by atoms with Crippen LogP contribution in [0.2, 0.25) is 0 Å². The van der Waals surface area contributed by atoms with Gasteiger partial charge in [0.2, 0.25) is 0 Å². The molecule has 176 valence electrons. The number of methoxy groups -OCH3 is 1. The van der Waals surface area contributed by atoms with Gasteiger partial charge in [-0.25, -0.2) is 0 Å². The summed E-state index contributed by atoms with van der Waals surface area (Å²) in [5, 5.41) is 22.2. The Morgan fingerprint density at radius 3 is 2.69 bits per heavy atom. The predicted molar refractivity (Wildman–Crippen MR) is 124 cm³/mol. The minimum Gasteiger partial charge on any atom is -0.504 e. The fourth-order valence-corrected chi connectivity index (χ4v) is 9.23. The van der Waals surface area contributed by atoms with Crippen molar-refractivity contribution in [2.24, 2.45) is 17.3 Å². The van der Waals surface area contributed by atoms with Gasteiger partial charge in [0.1, 0.15) is 11.7 Å². The first-order valence-electron chi connectivity index (χ1n) is 12.3. The van der Waals surface area contributed by atoms with Crippen molar-refractivity contribution in [1.82, 2.24) is 4.90 Å². The minimum absolute atomic E-state index is 0. The topological polar surface area (TPSA) is 62.2 Å². The molecule has 32 heavy (non-hydrogen) atoms. The Labute approximate surface area is 196 Å². The Morgan fingerprint density at radius 1 is 1.22 bits per heavy atom. The van der Waals surface area contributed by atoms with Crippen LogP contribution >= 0.6 is 12.4 Å². The summed E-state index contributed by atoms with van der Waals surface area (Å²) in [6.45, 7) is 6.23. The quantitative estimate of drug-likeness (QED) is 0.714. The lowest BCUT2D eigenvalue weighted by atomic mass is 9.34. The number of aliphatic hydroxyl groups is 1. The van der Waals surface area contributed by atoms with E-state index in [0.29, 0.717) is 11.8 Å². The summed E-state index contributed by atoms with van der Waals surface area (Å²) in [6.07, 6.45) is 7.72. The second-order valence-electron chi connectivity index (χ2n) is 12.1. The maximum absolute atomic E-state index is 11.4. The number of likely N-dealkylation sites (tertiary alicyclic amines) is 1. The SMILES string of the molecule is CO[C@@]12CCC3(CC1C(C)(C)O)C1Cc4ccc(O)c5c4[C@@]3(CCN1CC1CC1)C2O5.Cl. The number of rotatable bonds is 4. The van der Waals surface area contributed by atoms with Crippen LogP contribution in [0, 0.1) is 17.3 Å². The molecule has 2 aliphatic heterocycles. The van der Waals surface area contributed by atoms with Gasteiger partial charge >= 0.3 is 0 Å². The van der Waals surface area contributed by atoms with Gasteiger partial charge in [-0.3, -0.25) is 4.90 Å². The van der Waals surface area contributed by atoms with E-state index in [1.165, 1.54) is 30.5 Å². The number of nitrogens with zero attached hydrogens (tertiary/aromatic N) is 1. The molecule has 1 aromatic carbocycles. The van der Waals surface area contributed by atoms with Crippen molar-refractivity contribution >= 4 is 12.4 Å². The summed E-state index contributed by atoms with van der Waals surface area (Å²) >= 11 is 0. The fourth-order valence-electron chi connectivity index (χ4n) is 9.23. The van der Waals surface area contributed by atoms with Gasteiger partial charge in [0, 0.05) is 42.0 Å². The van der Waals surface area contributed by atoms with Crippen LogP contribution in [0.5, 0.6) is 11.5 Å². The zero-order valence-electron chi connectivity index (χ0n) is 19.4. The minimum atomic E-state index is -0.846. The lowest BCUT2D eigenvalue weighted by Gasteiger charge is -2.75. The molecule has 6 atom stereocenters. The van der Waals surface area contributed by atoms with Gasteiger partial charge in [0.25, 0.3) is 0 Å². The Bertz CT molecular complexity index is 973. The molecule has 6 heteroatoms. The number of ether oxygens (including phenoxy) is 2. The standard InChI is InChI=1S/C26H35NO4.ClH/c1-23(2,29)18-13-24-8-9-26(18,30-3)22-25(24)10-11-27(14-15-4-5-15)19(24)12-16-6-7-17(28)21(31-22)20(16)25;/h6-7,15,18-19,22,28-29H,4-5,8-14H2,1-3H3;1H/t18?,19?,22?,24?,25-,26-;/m0./s1. The molecule has 5 nitrogen and oxygen atoms in total. The molecule has 4 bridgehead atoms. The molecule has 7 aliphatic rings. The maximum atomic E-state index is 11.4. The van der Waals surface area contributed by atoms with Crippen molar-refractivity contribution in [3.63, 3.8) is 0 Å². The summed E-state index contributed by atoms with van der Waals surface area (Å²) in [5.74, 6) is 1.86. The van der Waals surface area contributed by atoms with Crippen LogP contribution in [0.25, 0.3) is 0 Å². The molecular weight excluding hydrogens is 426 g/mol. The summed E-state index contributed by atoms with van der Waals surface area (Å²) in [4.78, 5) is 2.81. The smallest absolute Gasteiger partial charge is 0.165 e. The van der Waals surface area contributed by atoms with Crippen molar-refractivity contribution in [2.75, 3.05) is 20.2 Å². The maximum Gasteiger partial charge on any atom is 0.165 e. The molecule has 0 radical (unpaired) electrons. The number of aromatic hydroxyl groups is 1. The Hall–Kier alpha value is -1.01. The Morgan fingerprint density at radius 2 is 2.00 bits per heavy atom. The summed E-state index contributed by atoms with van der Waals surface area (Å²) in [7, 11) is 1.81. The van der Waals surface area contributed by atoms with Crippen LogP contribution < -0.4 is 4.74 Å². The number of hydrogen-bond donors (Lipinski definition) is 2. The lowest BCUT2D eigenvalue weighted by Crippen LogP contribution is -2.82. The van der Waals surface area contributed by atoms with Gasteiger partial charge in [-0.1, -0.05) is 6.07 Å². The second kappa shape index (κ2) is 6.35. The number of hydrogen-bond acceptors (Lipinski definition) is 5. The van der Waals surface area contributed by atoms with E-state index in [1.54, 1.807) is 0 Å². The fraction of sp³-hybridized carbons (Fsp3) is 0.769. The van der Waals surface area contributed by atoms with E-state index >= 15 is 0 Å². The molecule has 4 saturated carbocycles. The molecule has 5 fully saturated rings. The molecule has 1 saturated heterocycles. The highest BCUT2D eigenvalue weighted by Crippen LogP contribution is 2.77. The molecule has 2 heterocycles. The first kappa shape index (κ1) is 21.5. The Balaban J connectivity index is 0.00000196. The van der Waals surface area contributed by atoms with Gasteiger partial charge in [0.15, 0.2) is 11.5 Å². The van der Waals surface area contributed by atoms with E-state index in [-0.39, 0.29) is 41.0 Å². The number of phenols is 1. The third kappa shape index (κ3) is 2.23. The molecule has 2 spiro atoms. The van der Waals surface area contributed by atoms with Crippen molar-refractivity contribution in [1.29, 1.82) is 0 Å². The monoisotopic (exact) mass is 461 g/mol. The van der Waals surface area contributed by atoms with Gasteiger partial charge in [-0.15, -0.1) is 12.4 Å². The van der Waals surface area contributed by atoms with Gasteiger partial charge in [0.05, 0.1) is 5.60 Å². The van der Waals surface area contributed by atoms with Gasteiger partial charge < -0.3 is 19.7 Å². The highest BCUT2D eigenvalue weighted by Gasteiger charge is 2.81. The van der Waals surface area contributed by atoms with E-state index < -0.39 is 11.2 Å². The average molecular weight is 462 g/mol. The molecule has 2 N–H and O–H groups in total. The van der Waals surface area contributed by atoms with Crippen molar-refractivity contribution < 1.29 is 19.7 Å². The van der Waals surface area contributed by atoms with Gasteiger partial charge in [-0.05, 0) is 82.9 Å². The highest BCUT2D eigenvalue weighted by atomic mass is 35.5. The summed E-state index contributed by atoms with van der Waals surface area (Å²) < 4.78 is 13.2. The number of phenolic OH excluding ortho intramolecular Hbond substituents is 1. The second-order valence-corrected chi connectivity index (χ2v) is 12.1. The molecular formula is C26H36ClNO4. The van der Waals surface area contributed by atoms with Crippen LogP contribution in [0.15, 0.2) is 12.1 Å². The Kier molecular flexibility index (Phi) is 4.27. The van der Waals surface area contributed by atoms with E-state index in [9.17, 15) is 10.2 Å². The summed E-state index contributed by atoms with van der Waals surface area (Å²) in [6, 6.07) is 4.46. The van der Waals surface area contributed by atoms with Crippen LogP contribution in [-0.4, -0.2) is 58.7 Å². The van der Waals surface area contributed by atoms with E-state index in [1.807, 2.05) is 27.0 Å². The van der Waals surface area contributed by atoms with E-state index in [4.69, 9.17) is 9.47 Å². The number of benzene rings is 1. The van der Waals surface area contributed by atoms with Crippen molar-refractivity contribution in [3.8, 4) is 11.5 Å². The summed E-state index contributed by atoms with van der Waals surface area (Å²) in [5.41, 5.74) is 1.24. The van der Waals surface area contributed by atoms with Crippen LogP contribution in [0.3, 0.4) is 0 Å².